The highest BCUT2D eigenvalue weighted by Gasteiger charge is 2.41. The second-order valence-corrected chi connectivity index (χ2v) is 7.66. The van der Waals surface area contributed by atoms with Gasteiger partial charge in [0.15, 0.2) is 6.04 Å². The number of esters is 1. The molecule has 3 unspecified atom stereocenters. The number of nitrogens with one attached hydrogen (secondary N) is 1. The zero-order valence-electron chi connectivity index (χ0n) is 13.4. The topological polar surface area (TPSA) is 81.4 Å². The molecule has 3 N–H and O–H groups in total. The standard InChI is InChI=1S/C17H24N2O3S/c1-22-17(21)15(13-6-3-7-23-13)19-16(20)12-8-10-4-2-5-11(9-12)14(10)18/h3,6-7,10-12,14-15H,2,4-5,8-9,18H2,1H3,(H,19,20). The van der Waals surface area contributed by atoms with Crippen LogP contribution in [0.1, 0.15) is 43.0 Å². The van der Waals surface area contributed by atoms with Crippen LogP contribution in [0.4, 0.5) is 0 Å². The number of fused-ring (bicyclic) bond motifs is 2. The van der Waals surface area contributed by atoms with Crippen LogP contribution < -0.4 is 11.1 Å². The largest absolute Gasteiger partial charge is 0.467 e. The van der Waals surface area contributed by atoms with Gasteiger partial charge >= 0.3 is 5.97 Å². The molecule has 2 fully saturated rings. The van der Waals surface area contributed by atoms with Crippen molar-refractivity contribution in [2.45, 2.75) is 44.2 Å². The van der Waals surface area contributed by atoms with E-state index in [0.717, 1.165) is 30.6 Å². The molecular formula is C17H24N2O3S. The first-order chi connectivity index (χ1) is 11.1. The minimum absolute atomic E-state index is 0.0439. The van der Waals surface area contributed by atoms with Crippen molar-refractivity contribution in [2.75, 3.05) is 7.11 Å². The Morgan fingerprint density at radius 1 is 1.35 bits per heavy atom. The van der Waals surface area contributed by atoms with Crippen LogP contribution in [-0.4, -0.2) is 25.0 Å². The third-order valence-corrected chi connectivity index (χ3v) is 6.27. The second-order valence-electron chi connectivity index (χ2n) is 6.68. The maximum Gasteiger partial charge on any atom is 0.333 e. The monoisotopic (exact) mass is 336 g/mol. The molecule has 1 heterocycles. The zero-order valence-corrected chi connectivity index (χ0v) is 14.2. The first-order valence-electron chi connectivity index (χ1n) is 8.27. The van der Waals surface area contributed by atoms with E-state index in [1.807, 2.05) is 17.5 Å². The SMILES string of the molecule is COC(=O)C(NC(=O)C1CC2CCCC(C1)C2N)c1cccs1. The fourth-order valence-corrected chi connectivity index (χ4v) is 4.85. The summed E-state index contributed by atoms with van der Waals surface area (Å²) in [7, 11) is 1.35. The lowest BCUT2D eigenvalue weighted by atomic mass is 9.65. The minimum atomic E-state index is -0.706. The quantitative estimate of drug-likeness (QED) is 0.826. The molecule has 126 valence electrons. The molecule has 0 aromatic carbocycles. The third-order valence-electron chi connectivity index (χ3n) is 5.34. The zero-order chi connectivity index (χ0) is 16.4. The average molecular weight is 336 g/mol. The maximum absolute atomic E-state index is 12.7. The molecule has 5 nitrogen and oxygen atoms in total. The van der Waals surface area contributed by atoms with Crippen molar-refractivity contribution in [1.82, 2.24) is 5.32 Å². The summed E-state index contributed by atoms with van der Waals surface area (Å²) >= 11 is 1.44. The van der Waals surface area contributed by atoms with E-state index in [2.05, 4.69) is 5.32 Å². The molecular weight excluding hydrogens is 312 g/mol. The molecule has 0 radical (unpaired) electrons. The highest BCUT2D eigenvalue weighted by Crippen LogP contribution is 2.42. The summed E-state index contributed by atoms with van der Waals surface area (Å²) in [5, 5.41) is 4.79. The highest BCUT2D eigenvalue weighted by atomic mass is 32.1. The van der Waals surface area contributed by atoms with Gasteiger partial charge in [-0.1, -0.05) is 12.5 Å². The van der Waals surface area contributed by atoms with Crippen LogP contribution in [0, 0.1) is 17.8 Å². The fraction of sp³-hybridized carbons (Fsp3) is 0.647. The summed E-state index contributed by atoms with van der Waals surface area (Å²) in [5.74, 6) is 0.372. The number of nitrogens with two attached hydrogens (primary N) is 1. The van der Waals surface area contributed by atoms with Gasteiger partial charge in [0, 0.05) is 16.8 Å². The number of rotatable bonds is 4. The van der Waals surface area contributed by atoms with Gasteiger partial charge in [0.2, 0.25) is 5.91 Å². The van der Waals surface area contributed by atoms with E-state index >= 15 is 0 Å². The van der Waals surface area contributed by atoms with Gasteiger partial charge in [-0.05, 0) is 49.0 Å². The molecule has 2 bridgehead atoms. The summed E-state index contributed by atoms with van der Waals surface area (Å²) in [6.07, 6.45) is 5.13. The lowest BCUT2D eigenvalue weighted by Gasteiger charge is -2.43. The van der Waals surface area contributed by atoms with Gasteiger partial charge in [-0.15, -0.1) is 11.3 Å². The van der Waals surface area contributed by atoms with Crippen molar-refractivity contribution in [3.63, 3.8) is 0 Å². The number of ether oxygens (including phenoxy) is 1. The molecule has 1 amide bonds. The number of methoxy groups -OCH3 is 1. The van der Waals surface area contributed by atoms with E-state index in [1.165, 1.54) is 24.9 Å². The van der Waals surface area contributed by atoms with Crippen LogP contribution in [0.25, 0.3) is 0 Å². The Hall–Kier alpha value is -1.40. The molecule has 0 saturated heterocycles. The smallest absolute Gasteiger partial charge is 0.333 e. The van der Waals surface area contributed by atoms with Gasteiger partial charge in [-0.2, -0.15) is 0 Å². The highest BCUT2D eigenvalue weighted by molar-refractivity contribution is 7.10. The normalized spacial score (nSPS) is 31.2. The molecule has 6 heteroatoms. The Kier molecular flexibility index (Phi) is 5.02. The van der Waals surface area contributed by atoms with Crippen molar-refractivity contribution in [3.8, 4) is 0 Å². The molecule has 2 aliphatic carbocycles. The molecule has 1 aromatic heterocycles. The molecule has 23 heavy (non-hydrogen) atoms. The molecule has 1 aromatic rings. The van der Waals surface area contributed by atoms with E-state index in [9.17, 15) is 9.59 Å². The van der Waals surface area contributed by atoms with E-state index in [-0.39, 0.29) is 17.9 Å². The first-order valence-corrected chi connectivity index (χ1v) is 9.15. The average Bonchev–Trinajstić information content (AvgIpc) is 3.05. The van der Waals surface area contributed by atoms with Crippen molar-refractivity contribution < 1.29 is 14.3 Å². The number of amides is 1. The van der Waals surface area contributed by atoms with Crippen LogP contribution in [0.2, 0.25) is 0 Å². The summed E-state index contributed by atoms with van der Waals surface area (Å²) in [5.41, 5.74) is 6.29. The first kappa shape index (κ1) is 16.5. The van der Waals surface area contributed by atoms with E-state index < -0.39 is 12.0 Å². The van der Waals surface area contributed by atoms with Crippen molar-refractivity contribution in [2.24, 2.45) is 23.5 Å². The lowest BCUT2D eigenvalue weighted by molar-refractivity contribution is -0.146. The van der Waals surface area contributed by atoms with Crippen LogP contribution in [0.15, 0.2) is 17.5 Å². The summed E-state index contributed by atoms with van der Waals surface area (Å²) in [4.78, 5) is 25.5. The number of hydrogen-bond donors (Lipinski definition) is 2. The van der Waals surface area contributed by atoms with E-state index in [1.54, 1.807) is 0 Å². The Morgan fingerprint density at radius 3 is 2.61 bits per heavy atom. The maximum atomic E-state index is 12.7. The predicted molar refractivity (Wildman–Crippen MR) is 88.7 cm³/mol. The van der Waals surface area contributed by atoms with Gasteiger partial charge < -0.3 is 15.8 Å². The molecule has 3 atom stereocenters. The summed E-state index contributed by atoms with van der Waals surface area (Å²) in [6, 6.07) is 3.24. The number of carbonyl (C=O) groups excluding carboxylic acids is 2. The summed E-state index contributed by atoms with van der Waals surface area (Å²) < 4.78 is 4.85. The van der Waals surface area contributed by atoms with E-state index in [4.69, 9.17) is 10.5 Å². The Bertz CT molecular complexity index is 546. The van der Waals surface area contributed by atoms with Crippen LogP contribution >= 0.6 is 11.3 Å². The Balaban J connectivity index is 1.69. The lowest BCUT2D eigenvalue weighted by Crippen LogP contribution is -2.49. The Morgan fingerprint density at radius 2 is 2.04 bits per heavy atom. The van der Waals surface area contributed by atoms with Crippen LogP contribution in [0.3, 0.4) is 0 Å². The number of hydrogen-bond acceptors (Lipinski definition) is 5. The van der Waals surface area contributed by atoms with E-state index in [0.29, 0.717) is 11.8 Å². The van der Waals surface area contributed by atoms with Gasteiger partial charge in [0.1, 0.15) is 0 Å². The molecule has 2 aliphatic rings. The van der Waals surface area contributed by atoms with Crippen molar-refractivity contribution >= 4 is 23.2 Å². The Labute approximate surface area is 140 Å². The van der Waals surface area contributed by atoms with Crippen molar-refractivity contribution in [1.29, 1.82) is 0 Å². The van der Waals surface area contributed by atoms with Crippen LogP contribution in [0.5, 0.6) is 0 Å². The van der Waals surface area contributed by atoms with Crippen LogP contribution in [-0.2, 0) is 14.3 Å². The fourth-order valence-electron chi connectivity index (χ4n) is 4.08. The van der Waals surface area contributed by atoms with Gasteiger partial charge in [-0.3, -0.25) is 4.79 Å². The molecule has 0 aliphatic heterocycles. The van der Waals surface area contributed by atoms with Gasteiger partial charge in [0.05, 0.1) is 7.11 Å². The van der Waals surface area contributed by atoms with Gasteiger partial charge in [0.25, 0.3) is 0 Å². The molecule has 2 saturated carbocycles. The number of carbonyl (C=O) groups is 2. The predicted octanol–water partition coefficient (Wildman–Crippen LogP) is 2.23. The van der Waals surface area contributed by atoms with Crippen molar-refractivity contribution in [3.05, 3.63) is 22.4 Å². The third kappa shape index (κ3) is 3.43. The van der Waals surface area contributed by atoms with Gasteiger partial charge in [-0.25, -0.2) is 4.79 Å². The summed E-state index contributed by atoms with van der Waals surface area (Å²) in [6.45, 7) is 0. The second kappa shape index (κ2) is 7.01. The number of thiophene rings is 1. The molecule has 0 spiro atoms. The molecule has 3 rings (SSSR count). The minimum Gasteiger partial charge on any atom is -0.467 e.